The number of thiazole rings is 1. The molecule has 1 N–H and O–H groups in total. The van der Waals surface area contributed by atoms with Crippen LogP contribution in [-0.2, 0) is 10.1 Å². The summed E-state index contributed by atoms with van der Waals surface area (Å²) in [5.41, 5.74) is -3.18. The topological polar surface area (TPSA) is 121 Å². The molecule has 8 nitrogen and oxygen atoms in total. The van der Waals surface area contributed by atoms with E-state index in [1.54, 1.807) is 19.4 Å². The van der Waals surface area contributed by atoms with Gasteiger partial charge in [-0.3, -0.25) is 10.1 Å². The molecule has 0 fully saturated rings. The molecule has 0 aliphatic heterocycles. The number of pyridine rings is 1. The van der Waals surface area contributed by atoms with Gasteiger partial charge in [0.1, 0.15) is 11.4 Å². The molecule has 2 heterocycles. The Morgan fingerprint density at radius 1 is 1.08 bits per heavy atom. The van der Waals surface area contributed by atoms with Crippen molar-refractivity contribution in [3.63, 3.8) is 0 Å². The largest absolute Gasteiger partial charge is 0.741 e. The Morgan fingerprint density at radius 2 is 1.72 bits per heavy atom. The van der Waals surface area contributed by atoms with E-state index in [0.29, 0.717) is 10.8 Å². The number of nitrogens with one attached hydrogen (secondary N) is 1. The number of aromatic nitrogens is 2. The number of fused-ring (bicyclic) bond motifs is 1. The summed E-state index contributed by atoms with van der Waals surface area (Å²) in [7, 11) is -4.46. The van der Waals surface area contributed by atoms with Crippen molar-refractivity contribution in [1.29, 1.82) is 0 Å². The van der Waals surface area contributed by atoms with Crippen molar-refractivity contribution in [2.75, 3.05) is 12.4 Å². The summed E-state index contributed by atoms with van der Waals surface area (Å²) < 4.78 is 67.6. The number of alkyl halides is 3. The number of carbonyl (C=O) groups excluding carboxylic acids is 1. The van der Waals surface area contributed by atoms with Crippen molar-refractivity contribution in [2.45, 2.75) is 12.4 Å². The van der Waals surface area contributed by atoms with Gasteiger partial charge in [-0.25, -0.2) is 18.4 Å². The van der Waals surface area contributed by atoms with E-state index < -0.39 is 15.6 Å². The maximum absolute atomic E-state index is 12.5. The van der Waals surface area contributed by atoms with Gasteiger partial charge in [0.15, 0.2) is 18.8 Å². The molecule has 2 aromatic heterocycles. The zero-order chi connectivity index (χ0) is 26.5. The Bertz CT molecular complexity index is 1460. The van der Waals surface area contributed by atoms with E-state index >= 15 is 0 Å². The standard InChI is InChI=1S/C21H16IN3O2S.CHF3O3S/c1-13-3-5-14(6-4-13)22-15-7-9-18(23-12-15)20(26)25-21-24-17-10-8-16(27-2)11-19(17)28-21;2-1(3,4)8(5,6)7/h3-12H,1-2H3;(H,5,6,7). The van der Waals surface area contributed by atoms with Crippen molar-refractivity contribution in [3.05, 3.63) is 79.2 Å². The number of hydrogen-bond acceptors (Lipinski definition) is 8. The summed E-state index contributed by atoms with van der Waals surface area (Å²) in [5.74, 6) is 0.509. The van der Waals surface area contributed by atoms with Crippen LogP contribution in [0.15, 0.2) is 60.8 Å². The third-order valence-corrected chi connectivity index (χ3v) is 8.39. The van der Waals surface area contributed by atoms with E-state index in [4.69, 9.17) is 17.7 Å². The van der Waals surface area contributed by atoms with Gasteiger partial charge in [0.05, 0.1) is 23.5 Å². The lowest BCUT2D eigenvalue weighted by Gasteiger charge is -2.08. The number of amides is 1. The maximum Gasteiger partial charge on any atom is 0.485 e. The number of carbonyl (C=O) groups is 1. The molecule has 190 valence electrons. The van der Waals surface area contributed by atoms with Crippen molar-refractivity contribution >= 4 is 42.7 Å². The normalized spacial score (nSPS) is 11.5. The molecule has 4 aromatic rings. The third-order valence-electron chi connectivity index (χ3n) is 4.29. The van der Waals surface area contributed by atoms with Crippen LogP contribution in [0.1, 0.15) is 16.1 Å². The van der Waals surface area contributed by atoms with Gasteiger partial charge in [0, 0.05) is 0 Å². The molecule has 1 amide bonds. The van der Waals surface area contributed by atoms with Gasteiger partial charge in [0.25, 0.3) is 5.91 Å². The zero-order valence-electron chi connectivity index (χ0n) is 18.5. The highest BCUT2D eigenvalue weighted by Crippen LogP contribution is 2.29. The quantitative estimate of drug-likeness (QED) is 0.197. The molecule has 0 radical (unpaired) electrons. The lowest BCUT2D eigenvalue weighted by Crippen LogP contribution is -3.61. The number of rotatable bonds is 5. The minimum atomic E-state index is -6.09. The fourth-order valence-electron chi connectivity index (χ4n) is 2.53. The number of ether oxygens (including phenoxy) is 1. The number of benzene rings is 2. The smallest absolute Gasteiger partial charge is 0.485 e. The van der Waals surface area contributed by atoms with Crippen LogP contribution in [0, 0.1) is 14.1 Å². The highest BCUT2D eigenvalue weighted by atomic mass is 127. The van der Waals surface area contributed by atoms with E-state index in [1.165, 1.54) is 24.0 Å². The second kappa shape index (κ2) is 11.5. The fraction of sp³-hybridized carbons (Fsp3) is 0.136. The molecular weight excluding hydrogens is 634 g/mol. The summed E-state index contributed by atoms with van der Waals surface area (Å²) in [6, 6.07) is 18.0. The van der Waals surface area contributed by atoms with Crippen molar-refractivity contribution < 1.29 is 56.9 Å². The van der Waals surface area contributed by atoms with E-state index in [0.717, 1.165) is 16.0 Å². The molecular formula is C22H17F3IN3O5S2. The summed E-state index contributed by atoms with van der Waals surface area (Å²) >= 11 is 1.11. The van der Waals surface area contributed by atoms with Gasteiger partial charge in [-0.05, 0) is 49.4 Å². The van der Waals surface area contributed by atoms with Gasteiger partial charge < -0.3 is 9.29 Å². The highest BCUT2D eigenvalue weighted by molar-refractivity contribution is 7.86. The molecule has 0 bridgehead atoms. The minimum absolute atomic E-state index is 0.258. The average Bonchev–Trinajstić information content (AvgIpc) is 3.21. The summed E-state index contributed by atoms with van der Waals surface area (Å²) in [6.45, 7) is 2.08. The lowest BCUT2D eigenvalue weighted by atomic mass is 10.2. The summed E-state index contributed by atoms with van der Waals surface area (Å²) in [4.78, 5) is 21.3. The number of halogens is 4. The molecule has 2 aromatic carbocycles. The van der Waals surface area contributed by atoms with E-state index in [9.17, 15) is 18.0 Å². The highest BCUT2D eigenvalue weighted by Gasteiger charge is 2.36. The predicted molar refractivity (Wildman–Crippen MR) is 123 cm³/mol. The summed E-state index contributed by atoms with van der Waals surface area (Å²) in [5, 5.41) is 3.38. The van der Waals surface area contributed by atoms with Crippen LogP contribution < -0.4 is 31.3 Å². The molecule has 0 spiro atoms. The number of hydrogen-bond donors (Lipinski definition) is 1. The van der Waals surface area contributed by atoms with E-state index in [-0.39, 0.29) is 27.1 Å². The minimum Gasteiger partial charge on any atom is -0.741 e. The Kier molecular flexibility index (Phi) is 8.86. The van der Waals surface area contributed by atoms with Gasteiger partial charge in [-0.1, -0.05) is 29.0 Å². The Balaban J connectivity index is 0.000000392. The van der Waals surface area contributed by atoms with Crippen LogP contribution in [0.5, 0.6) is 5.75 Å². The number of aryl methyl sites for hydroxylation is 1. The first-order valence-electron chi connectivity index (χ1n) is 9.81. The maximum atomic E-state index is 12.5. The van der Waals surface area contributed by atoms with Crippen molar-refractivity contribution in [3.8, 4) is 5.75 Å². The van der Waals surface area contributed by atoms with Crippen LogP contribution in [0.25, 0.3) is 10.2 Å². The van der Waals surface area contributed by atoms with Crippen LogP contribution in [0.2, 0.25) is 0 Å². The SMILES string of the molecule is COc1ccc2nc(NC(=O)c3ccc([I+]c4ccc(C)cc4)cn3)sc2c1.O=S(=O)([O-])C(F)(F)F. The van der Waals surface area contributed by atoms with Crippen molar-refractivity contribution in [1.82, 2.24) is 9.97 Å². The zero-order valence-corrected chi connectivity index (χ0v) is 22.3. The molecule has 0 saturated heterocycles. The Morgan fingerprint density at radius 3 is 2.28 bits per heavy atom. The predicted octanol–water partition coefficient (Wildman–Crippen LogP) is 1.44. The van der Waals surface area contributed by atoms with E-state index in [1.807, 2.05) is 24.3 Å². The molecule has 4 rings (SSSR count). The summed E-state index contributed by atoms with van der Waals surface area (Å²) in [6.07, 6.45) is 1.80. The second-order valence-corrected chi connectivity index (χ2v) is 12.4. The van der Waals surface area contributed by atoms with E-state index in [2.05, 4.69) is 46.5 Å². The average molecular weight is 651 g/mol. The first kappa shape index (κ1) is 27.8. The lowest BCUT2D eigenvalue weighted by molar-refractivity contribution is -0.597. The Hall–Kier alpha value is -2.82. The first-order valence-corrected chi connectivity index (χ1v) is 14.2. The van der Waals surface area contributed by atoms with Crippen molar-refractivity contribution in [2.24, 2.45) is 0 Å². The molecule has 0 unspecified atom stereocenters. The Labute approximate surface area is 218 Å². The van der Waals surface area contributed by atoms with Gasteiger partial charge in [0.2, 0.25) is 3.57 Å². The molecule has 0 aliphatic carbocycles. The molecule has 0 aliphatic rings. The van der Waals surface area contributed by atoms with Gasteiger partial charge >= 0.3 is 26.7 Å². The molecule has 0 saturated carbocycles. The monoisotopic (exact) mass is 651 g/mol. The molecule has 14 heteroatoms. The second-order valence-electron chi connectivity index (χ2n) is 6.96. The number of methoxy groups -OCH3 is 1. The van der Waals surface area contributed by atoms with Crippen LogP contribution in [0.3, 0.4) is 0 Å². The number of anilines is 1. The fourth-order valence-corrected chi connectivity index (χ4v) is 5.50. The van der Waals surface area contributed by atoms with Crippen LogP contribution in [0.4, 0.5) is 18.3 Å². The number of nitrogens with zero attached hydrogens (tertiary/aromatic N) is 2. The molecule has 0 atom stereocenters. The first-order chi connectivity index (χ1) is 16.9. The van der Waals surface area contributed by atoms with Crippen LogP contribution in [-0.4, -0.2) is 41.5 Å². The molecule has 36 heavy (non-hydrogen) atoms. The van der Waals surface area contributed by atoms with Crippen LogP contribution >= 0.6 is 11.3 Å². The van der Waals surface area contributed by atoms with Gasteiger partial charge in [-0.15, -0.1) is 0 Å². The third kappa shape index (κ3) is 7.59. The van der Waals surface area contributed by atoms with Gasteiger partial charge in [-0.2, -0.15) is 13.2 Å².